The van der Waals surface area contributed by atoms with Gasteiger partial charge in [-0.2, -0.15) is 0 Å². The van der Waals surface area contributed by atoms with Gasteiger partial charge in [0, 0.05) is 18.6 Å². The molecule has 0 aliphatic carbocycles. The van der Waals surface area contributed by atoms with Crippen molar-refractivity contribution in [1.29, 1.82) is 0 Å². The predicted octanol–water partition coefficient (Wildman–Crippen LogP) is -8.14. The zero-order valence-electron chi connectivity index (χ0n) is 3.58. The summed E-state index contributed by atoms with van der Waals surface area (Å²) in [5, 5.41) is 0. The second kappa shape index (κ2) is 5.38. The Kier molecular flexibility index (Phi) is 12.1. The Morgan fingerprint density at radius 2 is 0.857 bits per heavy atom. The van der Waals surface area contributed by atoms with Gasteiger partial charge in [-0.05, 0) is 0 Å². The molecule has 0 amide bonds. The van der Waals surface area contributed by atoms with E-state index in [1.165, 1.54) is 0 Å². The Hall–Kier alpha value is 1.24. The molecule has 0 aromatic heterocycles. The Morgan fingerprint density at radius 3 is 0.857 bits per heavy atom. The van der Waals surface area contributed by atoms with Crippen molar-refractivity contribution in [1.82, 2.24) is 0 Å². The number of rotatable bonds is 0. The van der Waals surface area contributed by atoms with E-state index < -0.39 is 9.05 Å². The van der Waals surface area contributed by atoms with Gasteiger partial charge >= 0.3 is 18.9 Å². The molecule has 0 fully saturated rings. The van der Waals surface area contributed by atoms with Gasteiger partial charge < -0.3 is 28.2 Å². The normalized spacial score (nSPS) is 8.57. The van der Waals surface area contributed by atoms with Crippen LogP contribution >= 0.6 is 0 Å². The van der Waals surface area contributed by atoms with Crippen molar-refractivity contribution in [3.63, 3.8) is 0 Å². The van der Waals surface area contributed by atoms with Gasteiger partial charge in [-0.3, -0.25) is 0 Å². The Labute approximate surface area is 65.7 Å². The van der Waals surface area contributed by atoms with E-state index in [1.54, 1.807) is 0 Å². The van der Waals surface area contributed by atoms with Gasteiger partial charge in [0.2, 0.25) is 0 Å². The monoisotopic (exact) mass is 150 g/mol. The molecule has 0 aliphatic heterocycles. The molecule has 0 aliphatic rings. The van der Waals surface area contributed by atoms with Gasteiger partial charge in [0.25, 0.3) is 0 Å². The molecule has 0 atom stereocenters. The van der Waals surface area contributed by atoms with E-state index in [4.69, 9.17) is 19.2 Å². The van der Waals surface area contributed by atoms with Crippen LogP contribution in [-0.2, 0) is 18.6 Å². The van der Waals surface area contributed by atoms with Gasteiger partial charge in [0.1, 0.15) is 0 Å². The molecule has 7 heavy (non-hydrogen) atoms. The molecule has 0 bridgehead atoms. The van der Waals surface area contributed by atoms with Gasteiger partial charge in [-0.1, -0.05) is 0 Å². The van der Waals surface area contributed by atoms with Crippen LogP contribution in [0.1, 0.15) is 0 Å². The average molecular weight is 150 g/mol. The smallest absolute Gasteiger partial charge is 0.894 e. The molecule has 7 heteroatoms. The van der Waals surface area contributed by atoms with Crippen LogP contribution < -0.4 is 38.0 Å². The molecule has 0 saturated heterocycles. The summed E-state index contributed by atoms with van der Waals surface area (Å²) in [6.07, 6.45) is 0. The first-order valence-electron chi connectivity index (χ1n) is 0.816. The van der Waals surface area contributed by atoms with Crippen LogP contribution in [0.25, 0.3) is 0 Å². The molecule has 0 saturated carbocycles. The van der Waals surface area contributed by atoms with E-state index in [9.17, 15) is 0 Å². The first kappa shape index (κ1) is 15.7. The maximum absolute atomic E-state index is 8.58. The number of hydrogen-bond acceptors (Lipinski definition) is 4. The average Bonchev–Trinajstić information content (AvgIpc) is 0.722. The maximum atomic E-state index is 8.58. The third-order valence-electron chi connectivity index (χ3n) is 0. The minimum atomic E-state index is -5.61. The van der Waals surface area contributed by atoms with E-state index >= 15 is 0 Å². The fourth-order valence-corrected chi connectivity index (χ4v) is 0. The molecule has 0 N–H and O–H groups in total. The van der Waals surface area contributed by atoms with E-state index in [1.807, 2.05) is 0 Å². The molecular weight excluding hydrogens is 150 g/mol. The molecule has 0 aromatic rings. The first-order valence-corrected chi connectivity index (χ1v) is 2.45. The van der Waals surface area contributed by atoms with Crippen molar-refractivity contribution in [2.75, 3.05) is 0 Å². The summed E-state index contributed by atoms with van der Waals surface area (Å²) in [6.45, 7) is 0. The Balaban J connectivity index is -0.0000000800. The van der Waals surface area contributed by atoms with Crippen LogP contribution in [0.5, 0.6) is 0 Å². The fraction of sp³-hybridized carbons (Fsp3) is 0. The van der Waals surface area contributed by atoms with Gasteiger partial charge in [0.15, 0.2) is 0 Å². The van der Waals surface area contributed by atoms with Crippen molar-refractivity contribution in [3.8, 4) is 0 Å². The van der Waals surface area contributed by atoms with E-state index in [0.717, 1.165) is 0 Å². The zero-order chi connectivity index (χ0) is 4.50. The first-order chi connectivity index (χ1) is 2.00. The maximum Gasteiger partial charge on any atom is 1.00 e. The quantitative estimate of drug-likeness (QED) is 0.320. The molecule has 37 valence electrons. The summed E-state index contributed by atoms with van der Waals surface area (Å²) in [4.78, 5) is 34.3. The van der Waals surface area contributed by atoms with Crippen molar-refractivity contribution >= 4 is 9.05 Å². The van der Waals surface area contributed by atoms with Crippen LogP contribution in [0, 0.1) is 0 Å². The summed E-state index contributed by atoms with van der Waals surface area (Å²) in [5.41, 5.74) is 0. The second-order valence-electron chi connectivity index (χ2n) is 0.500. The topological polar surface area (TPSA) is 92.2 Å². The minimum Gasteiger partial charge on any atom is -0.894 e. The predicted molar refractivity (Wildman–Crippen MR) is 5.75 cm³/mol. The SMILES string of the molecule is [Li+].[O-][Si]([O-])([O-])[O-].[V]. The molecule has 0 unspecified atom stereocenters. The molecule has 1 radical (unpaired) electrons. The van der Waals surface area contributed by atoms with Crippen molar-refractivity contribution in [3.05, 3.63) is 0 Å². The summed E-state index contributed by atoms with van der Waals surface area (Å²) in [5.74, 6) is 0. The molecule has 0 heterocycles. The van der Waals surface area contributed by atoms with E-state index in [0.29, 0.717) is 0 Å². The molecule has 0 aromatic carbocycles. The van der Waals surface area contributed by atoms with Crippen LogP contribution in [0.2, 0.25) is 0 Å². The Bertz CT molecular complexity index is 27.2. The second-order valence-corrected chi connectivity index (χ2v) is 1.50. The van der Waals surface area contributed by atoms with Crippen molar-refractivity contribution < 1.29 is 56.6 Å². The Morgan fingerprint density at radius 1 is 0.857 bits per heavy atom. The van der Waals surface area contributed by atoms with Crippen molar-refractivity contribution in [2.45, 2.75) is 0 Å². The zero-order valence-corrected chi connectivity index (χ0v) is 5.98. The molecule has 0 rings (SSSR count). The largest absolute Gasteiger partial charge is 1.00 e. The van der Waals surface area contributed by atoms with Crippen LogP contribution in [0.3, 0.4) is 0 Å². The van der Waals surface area contributed by atoms with Gasteiger partial charge in [-0.25, -0.2) is 0 Å². The summed E-state index contributed by atoms with van der Waals surface area (Å²) in [6, 6.07) is 0. The van der Waals surface area contributed by atoms with E-state index in [-0.39, 0.29) is 37.4 Å². The summed E-state index contributed by atoms with van der Waals surface area (Å²) in [7, 11) is -5.61. The summed E-state index contributed by atoms with van der Waals surface area (Å²) >= 11 is 0. The molecular formula is LiO4SiV-3. The fourth-order valence-electron chi connectivity index (χ4n) is 0. The molecule has 0 spiro atoms. The third-order valence-corrected chi connectivity index (χ3v) is 0. The van der Waals surface area contributed by atoms with Crippen LogP contribution in [0.4, 0.5) is 0 Å². The van der Waals surface area contributed by atoms with Gasteiger partial charge in [-0.15, -0.1) is 0 Å². The molecule has 4 nitrogen and oxygen atoms in total. The van der Waals surface area contributed by atoms with Gasteiger partial charge in [0.05, 0.1) is 0 Å². The van der Waals surface area contributed by atoms with E-state index in [2.05, 4.69) is 0 Å². The van der Waals surface area contributed by atoms with Crippen LogP contribution in [0.15, 0.2) is 0 Å². The standard InChI is InChI=1S/Li.O4Si.V/c;1-5(2,3)4;/q+1;-4;. The van der Waals surface area contributed by atoms with Crippen LogP contribution in [-0.4, -0.2) is 9.05 Å². The third kappa shape index (κ3) is 129. The number of hydrogen-bond donors (Lipinski definition) is 0. The van der Waals surface area contributed by atoms with Crippen molar-refractivity contribution in [2.24, 2.45) is 0 Å². The minimum absolute atomic E-state index is 0. The summed E-state index contributed by atoms with van der Waals surface area (Å²) < 4.78 is 0.